The lowest BCUT2D eigenvalue weighted by atomic mass is 10.1. The lowest BCUT2D eigenvalue weighted by molar-refractivity contribution is 0.589. The molecule has 0 unspecified atom stereocenters. The van der Waals surface area contributed by atoms with E-state index in [0.29, 0.717) is 27.2 Å². The van der Waals surface area contributed by atoms with Gasteiger partial charge in [-0.15, -0.1) is 0 Å². The number of nitrogen functional groups attached to an aromatic ring is 1. The van der Waals surface area contributed by atoms with E-state index in [9.17, 15) is 8.42 Å². The average molecular weight is 385 g/mol. The van der Waals surface area contributed by atoms with Crippen LogP contribution in [0.15, 0.2) is 71.9 Å². The molecule has 0 aliphatic heterocycles. The van der Waals surface area contributed by atoms with Gasteiger partial charge in [0.2, 0.25) is 5.95 Å². The molecule has 0 saturated carbocycles. The smallest absolute Gasteiger partial charge is 0.268 e. The van der Waals surface area contributed by atoms with Gasteiger partial charge in [0.15, 0.2) is 0 Å². The van der Waals surface area contributed by atoms with Crippen LogP contribution in [-0.2, 0) is 10.0 Å². The van der Waals surface area contributed by atoms with Crippen LogP contribution in [0.4, 0.5) is 5.95 Å². The molecular formula is C18H13ClN4O2S. The van der Waals surface area contributed by atoms with Crippen LogP contribution in [0.25, 0.3) is 22.2 Å². The second-order valence-electron chi connectivity index (χ2n) is 5.60. The summed E-state index contributed by atoms with van der Waals surface area (Å²) in [5.41, 5.74) is 7.17. The third-order valence-corrected chi connectivity index (χ3v) is 5.96. The highest BCUT2D eigenvalue weighted by Crippen LogP contribution is 2.35. The van der Waals surface area contributed by atoms with Gasteiger partial charge in [0.25, 0.3) is 10.0 Å². The second-order valence-corrected chi connectivity index (χ2v) is 7.82. The summed E-state index contributed by atoms with van der Waals surface area (Å²) in [5.74, 6) is 0.0622. The summed E-state index contributed by atoms with van der Waals surface area (Å²) in [4.78, 5) is 8.24. The standard InChI is InChI=1S/C18H13ClN4O2S/c19-15-10-21-18(20)22-17(15)14-11-23(16-9-5-4-8-13(14)16)26(24,25)12-6-2-1-3-7-12/h1-11H,(H2,20,21,22). The van der Waals surface area contributed by atoms with Crippen LogP contribution in [0.3, 0.4) is 0 Å². The van der Waals surface area contributed by atoms with Crippen LogP contribution in [0.5, 0.6) is 0 Å². The van der Waals surface area contributed by atoms with Crippen molar-refractivity contribution in [3.05, 3.63) is 72.0 Å². The lowest BCUT2D eigenvalue weighted by Gasteiger charge is -2.07. The van der Waals surface area contributed by atoms with E-state index in [1.165, 1.54) is 16.4 Å². The minimum Gasteiger partial charge on any atom is -0.368 e. The van der Waals surface area contributed by atoms with Crippen molar-refractivity contribution >= 4 is 38.5 Å². The number of fused-ring (bicyclic) bond motifs is 1. The average Bonchev–Trinajstić information content (AvgIpc) is 3.05. The molecule has 0 radical (unpaired) electrons. The highest BCUT2D eigenvalue weighted by molar-refractivity contribution is 7.90. The molecule has 4 rings (SSSR count). The molecule has 2 aromatic heterocycles. The molecule has 0 bridgehead atoms. The quantitative estimate of drug-likeness (QED) is 0.583. The summed E-state index contributed by atoms with van der Waals surface area (Å²) in [6.45, 7) is 0. The van der Waals surface area contributed by atoms with Crippen molar-refractivity contribution in [2.24, 2.45) is 0 Å². The number of para-hydroxylation sites is 1. The first-order valence-corrected chi connectivity index (χ1v) is 9.49. The molecule has 130 valence electrons. The van der Waals surface area contributed by atoms with Gasteiger partial charge in [0, 0.05) is 17.1 Å². The Hall–Kier alpha value is -2.90. The molecular weight excluding hydrogens is 372 g/mol. The SMILES string of the molecule is Nc1ncc(Cl)c(-c2cn(S(=O)(=O)c3ccccc3)c3ccccc23)n1. The Morgan fingerprint density at radius 2 is 1.69 bits per heavy atom. The van der Waals surface area contributed by atoms with Crippen LogP contribution in [0, 0.1) is 0 Å². The number of halogens is 1. The molecule has 8 heteroatoms. The minimum absolute atomic E-state index is 0.0622. The minimum atomic E-state index is -3.78. The van der Waals surface area contributed by atoms with E-state index < -0.39 is 10.0 Å². The zero-order valence-corrected chi connectivity index (χ0v) is 14.9. The van der Waals surface area contributed by atoms with Gasteiger partial charge >= 0.3 is 0 Å². The maximum absolute atomic E-state index is 13.1. The van der Waals surface area contributed by atoms with Gasteiger partial charge in [-0.25, -0.2) is 22.4 Å². The monoisotopic (exact) mass is 384 g/mol. The Balaban J connectivity index is 2.04. The summed E-state index contributed by atoms with van der Waals surface area (Å²) < 4.78 is 27.5. The van der Waals surface area contributed by atoms with Crippen molar-refractivity contribution in [1.82, 2.24) is 13.9 Å². The third kappa shape index (κ3) is 2.61. The fraction of sp³-hybridized carbons (Fsp3) is 0. The number of nitrogens with zero attached hydrogens (tertiary/aromatic N) is 3. The third-order valence-electron chi connectivity index (χ3n) is 4.00. The summed E-state index contributed by atoms with van der Waals surface area (Å²) in [6, 6.07) is 15.4. The maximum Gasteiger partial charge on any atom is 0.268 e. The van der Waals surface area contributed by atoms with E-state index in [1.807, 2.05) is 12.1 Å². The number of aromatic nitrogens is 3. The number of hydrogen-bond acceptors (Lipinski definition) is 5. The highest BCUT2D eigenvalue weighted by atomic mass is 35.5. The lowest BCUT2D eigenvalue weighted by Crippen LogP contribution is -2.11. The largest absolute Gasteiger partial charge is 0.368 e. The Bertz CT molecular complexity index is 1220. The van der Waals surface area contributed by atoms with Gasteiger partial charge in [-0.1, -0.05) is 48.0 Å². The van der Waals surface area contributed by atoms with Crippen molar-refractivity contribution in [2.45, 2.75) is 4.90 Å². The van der Waals surface area contributed by atoms with E-state index in [2.05, 4.69) is 9.97 Å². The first kappa shape index (κ1) is 16.6. The van der Waals surface area contributed by atoms with Crippen LogP contribution in [0.2, 0.25) is 5.02 Å². The highest BCUT2D eigenvalue weighted by Gasteiger charge is 2.23. The van der Waals surface area contributed by atoms with Gasteiger partial charge < -0.3 is 5.73 Å². The second kappa shape index (κ2) is 6.12. The molecule has 0 aliphatic carbocycles. The molecule has 2 N–H and O–H groups in total. The van der Waals surface area contributed by atoms with Crippen molar-refractivity contribution < 1.29 is 8.42 Å². The number of rotatable bonds is 3. The molecule has 0 fully saturated rings. The molecule has 0 amide bonds. The number of anilines is 1. The Morgan fingerprint density at radius 3 is 2.46 bits per heavy atom. The predicted octanol–water partition coefficient (Wildman–Crippen LogP) is 3.57. The topological polar surface area (TPSA) is 90.9 Å². The van der Waals surface area contributed by atoms with Crippen molar-refractivity contribution in [1.29, 1.82) is 0 Å². The first-order chi connectivity index (χ1) is 12.5. The van der Waals surface area contributed by atoms with Crippen LogP contribution in [-0.4, -0.2) is 22.4 Å². The number of benzene rings is 2. The van der Waals surface area contributed by atoms with Crippen LogP contribution in [0.1, 0.15) is 0 Å². The molecule has 26 heavy (non-hydrogen) atoms. The van der Waals surface area contributed by atoms with Crippen molar-refractivity contribution in [3.8, 4) is 11.3 Å². The molecule has 0 aliphatic rings. The molecule has 6 nitrogen and oxygen atoms in total. The predicted molar refractivity (Wildman–Crippen MR) is 101 cm³/mol. The van der Waals surface area contributed by atoms with Crippen molar-refractivity contribution in [2.75, 3.05) is 5.73 Å². The van der Waals surface area contributed by atoms with Gasteiger partial charge in [0.05, 0.1) is 27.3 Å². The van der Waals surface area contributed by atoms with Crippen LogP contribution >= 0.6 is 11.6 Å². The van der Waals surface area contributed by atoms with Gasteiger partial charge in [-0.3, -0.25) is 0 Å². The van der Waals surface area contributed by atoms with E-state index in [1.54, 1.807) is 42.5 Å². The summed E-state index contributed by atoms with van der Waals surface area (Å²) in [6.07, 6.45) is 2.91. The molecule has 2 aromatic carbocycles. The Kier molecular flexibility index (Phi) is 3.90. The zero-order chi connectivity index (χ0) is 18.3. The van der Waals surface area contributed by atoms with E-state index in [4.69, 9.17) is 17.3 Å². The van der Waals surface area contributed by atoms with Gasteiger partial charge in [0.1, 0.15) is 0 Å². The first-order valence-electron chi connectivity index (χ1n) is 7.67. The molecule has 2 heterocycles. The molecule has 0 spiro atoms. The molecule has 4 aromatic rings. The van der Waals surface area contributed by atoms with Gasteiger partial charge in [-0.2, -0.15) is 0 Å². The molecule has 0 atom stereocenters. The van der Waals surface area contributed by atoms with Crippen molar-refractivity contribution in [3.63, 3.8) is 0 Å². The Morgan fingerprint density at radius 1 is 1.00 bits per heavy atom. The van der Waals surface area contributed by atoms with E-state index in [0.717, 1.165) is 0 Å². The Labute approximate surface area is 154 Å². The summed E-state index contributed by atoms with van der Waals surface area (Å²) >= 11 is 6.23. The summed E-state index contributed by atoms with van der Waals surface area (Å²) in [7, 11) is -3.78. The molecule has 0 saturated heterocycles. The van der Waals surface area contributed by atoms with Gasteiger partial charge in [-0.05, 0) is 18.2 Å². The number of hydrogen-bond donors (Lipinski definition) is 1. The van der Waals surface area contributed by atoms with E-state index >= 15 is 0 Å². The fourth-order valence-electron chi connectivity index (χ4n) is 2.81. The normalized spacial score (nSPS) is 11.7. The fourth-order valence-corrected chi connectivity index (χ4v) is 4.40. The maximum atomic E-state index is 13.1. The van der Waals surface area contributed by atoms with Crippen LogP contribution < -0.4 is 5.73 Å². The number of nitrogens with two attached hydrogens (primary N) is 1. The zero-order valence-electron chi connectivity index (χ0n) is 13.4. The summed E-state index contributed by atoms with van der Waals surface area (Å²) in [5, 5.41) is 0.992. The van der Waals surface area contributed by atoms with E-state index in [-0.39, 0.29) is 10.8 Å².